The summed E-state index contributed by atoms with van der Waals surface area (Å²) in [7, 11) is 0. The van der Waals surface area contributed by atoms with Gasteiger partial charge in [-0.3, -0.25) is 9.69 Å². The predicted octanol–water partition coefficient (Wildman–Crippen LogP) is 2.19. The number of aliphatic carboxylic acids is 2. The average Bonchev–Trinajstić information content (AvgIpc) is 3.44. The molecule has 1 saturated heterocycles. The molecule has 31 heavy (non-hydrogen) atoms. The number of fused-ring (bicyclic) bond motifs is 1. The number of carboxylic acid groups (broad SMARTS) is 2. The Bertz CT molecular complexity index is 772. The van der Waals surface area contributed by atoms with Gasteiger partial charge in [0.1, 0.15) is 0 Å². The minimum atomic E-state index is -1.82. The number of amides is 1. The Morgan fingerprint density at radius 1 is 0.935 bits per heavy atom. The third kappa shape index (κ3) is 6.85. The van der Waals surface area contributed by atoms with Crippen molar-refractivity contribution in [3.05, 3.63) is 23.8 Å². The highest BCUT2D eigenvalue weighted by Gasteiger charge is 2.23. The molecule has 2 heterocycles. The lowest BCUT2D eigenvalue weighted by atomic mass is 10.0. The molecule has 4 rings (SSSR count). The predicted molar refractivity (Wildman–Crippen MR) is 111 cm³/mol. The fourth-order valence-electron chi connectivity index (χ4n) is 4.24. The van der Waals surface area contributed by atoms with E-state index in [0.717, 1.165) is 63.0 Å². The molecule has 9 heteroatoms. The first kappa shape index (κ1) is 22.9. The summed E-state index contributed by atoms with van der Waals surface area (Å²) in [5.74, 6) is -0.810. The monoisotopic (exact) mass is 434 g/mol. The molecule has 1 aliphatic carbocycles. The van der Waals surface area contributed by atoms with E-state index in [4.69, 9.17) is 29.3 Å². The zero-order valence-corrected chi connectivity index (χ0v) is 17.6. The summed E-state index contributed by atoms with van der Waals surface area (Å²) in [5.41, 5.74) is 1.24. The Hall–Kier alpha value is -2.81. The van der Waals surface area contributed by atoms with Crippen LogP contribution >= 0.6 is 0 Å². The number of piperazine rings is 1. The van der Waals surface area contributed by atoms with Crippen LogP contribution in [0.25, 0.3) is 0 Å². The summed E-state index contributed by atoms with van der Waals surface area (Å²) < 4.78 is 10.8. The highest BCUT2D eigenvalue weighted by molar-refractivity contribution is 6.27. The fraction of sp³-hybridized carbons (Fsp3) is 0.591. The summed E-state index contributed by atoms with van der Waals surface area (Å²) in [6.07, 6.45) is 7.21. The van der Waals surface area contributed by atoms with Crippen LogP contribution in [-0.4, -0.2) is 70.8 Å². The SMILES string of the molecule is O=C(CCC1CCCC1)N1CCN(Cc2ccc3c(c2)OCO3)CC1.O=C(O)C(=O)O. The van der Waals surface area contributed by atoms with Crippen LogP contribution in [0.1, 0.15) is 44.1 Å². The zero-order chi connectivity index (χ0) is 22.2. The minimum absolute atomic E-state index is 0.320. The third-order valence-corrected chi connectivity index (χ3v) is 5.99. The van der Waals surface area contributed by atoms with E-state index < -0.39 is 11.9 Å². The van der Waals surface area contributed by atoms with Crippen molar-refractivity contribution in [2.24, 2.45) is 5.92 Å². The second kappa shape index (κ2) is 11.0. The van der Waals surface area contributed by atoms with Crippen LogP contribution in [0.4, 0.5) is 0 Å². The Labute approximate surface area is 181 Å². The van der Waals surface area contributed by atoms with Gasteiger partial charge in [-0.25, -0.2) is 9.59 Å². The van der Waals surface area contributed by atoms with Crippen molar-refractivity contribution in [1.29, 1.82) is 0 Å². The molecule has 2 N–H and O–H groups in total. The van der Waals surface area contributed by atoms with Gasteiger partial charge < -0.3 is 24.6 Å². The maximum atomic E-state index is 12.4. The largest absolute Gasteiger partial charge is 0.473 e. The number of carbonyl (C=O) groups is 3. The van der Waals surface area contributed by atoms with Crippen LogP contribution in [0.2, 0.25) is 0 Å². The van der Waals surface area contributed by atoms with Crippen LogP contribution < -0.4 is 9.47 Å². The van der Waals surface area contributed by atoms with Crippen molar-refractivity contribution in [1.82, 2.24) is 9.80 Å². The first-order chi connectivity index (χ1) is 14.9. The summed E-state index contributed by atoms with van der Waals surface area (Å²) >= 11 is 0. The number of hydrogen-bond acceptors (Lipinski definition) is 6. The molecular formula is C22H30N2O7. The normalized spacial score (nSPS) is 18.4. The number of nitrogens with zero attached hydrogens (tertiary/aromatic N) is 2. The Balaban J connectivity index is 0.000000401. The van der Waals surface area contributed by atoms with Gasteiger partial charge in [-0.1, -0.05) is 31.7 Å². The summed E-state index contributed by atoms with van der Waals surface area (Å²) in [6, 6.07) is 6.16. The highest BCUT2D eigenvalue weighted by atomic mass is 16.7. The van der Waals surface area contributed by atoms with E-state index >= 15 is 0 Å². The number of rotatable bonds is 5. The molecule has 0 atom stereocenters. The number of carbonyl (C=O) groups excluding carboxylic acids is 1. The highest BCUT2D eigenvalue weighted by Crippen LogP contribution is 2.33. The summed E-state index contributed by atoms with van der Waals surface area (Å²) in [4.78, 5) is 35.1. The smallest absolute Gasteiger partial charge is 0.414 e. The van der Waals surface area contributed by atoms with Gasteiger partial charge in [0.2, 0.25) is 12.7 Å². The Morgan fingerprint density at radius 2 is 1.58 bits per heavy atom. The van der Waals surface area contributed by atoms with E-state index in [-0.39, 0.29) is 0 Å². The Kier molecular flexibility index (Phi) is 8.11. The van der Waals surface area contributed by atoms with Crippen LogP contribution in [-0.2, 0) is 20.9 Å². The molecule has 0 radical (unpaired) electrons. The molecule has 1 amide bonds. The maximum absolute atomic E-state index is 12.4. The molecule has 170 valence electrons. The van der Waals surface area contributed by atoms with Crippen molar-refractivity contribution in [3.8, 4) is 11.5 Å². The molecule has 0 unspecified atom stereocenters. The van der Waals surface area contributed by atoms with Gasteiger partial charge in [0.25, 0.3) is 0 Å². The van der Waals surface area contributed by atoms with Gasteiger partial charge in [0.15, 0.2) is 11.5 Å². The van der Waals surface area contributed by atoms with Gasteiger partial charge in [-0.2, -0.15) is 0 Å². The van der Waals surface area contributed by atoms with Crippen molar-refractivity contribution >= 4 is 17.8 Å². The van der Waals surface area contributed by atoms with Crippen molar-refractivity contribution in [2.75, 3.05) is 33.0 Å². The van der Waals surface area contributed by atoms with E-state index in [0.29, 0.717) is 12.7 Å². The first-order valence-electron chi connectivity index (χ1n) is 10.8. The molecular weight excluding hydrogens is 404 g/mol. The van der Waals surface area contributed by atoms with Crippen LogP contribution in [0.5, 0.6) is 11.5 Å². The first-order valence-corrected chi connectivity index (χ1v) is 10.8. The van der Waals surface area contributed by atoms with Gasteiger partial charge in [0, 0.05) is 39.1 Å². The molecule has 3 aliphatic rings. The van der Waals surface area contributed by atoms with Gasteiger partial charge in [-0.15, -0.1) is 0 Å². The lowest BCUT2D eigenvalue weighted by molar-refractivity contribution is -0.159. The van der Waals surface area contributed by atoms with E-state index in [1.165, 1.54) is 31.2 Å². The van der Waals surface area contributed by atoms with E-state index in [1.54, 1.807) is 0 Å². The second-order valence-electron chi connectivity index (χ2n) is 8.14. The Morgan fingerprint density at radius 3 is 2.23 bits per heavy atom. The maximum Gasteiger partial charge on any atom is 0.414 e. The molecule has 0 bridgehead atoms. The van der Waals surface area contributed by atoms with Gasteiger partial charge >= 0.3 is 11.9 Å². The van der Waals surface area contributed by atoms with Crippen molar-refractivity contribution < 1.29 is 34.1 Å². The number of ether oxygens (including phenoxy) is 2. The van der Waals surface area contributed by atoms with Crippen molar-refractivity contribution in [3.63, 3.8) is 0 Å². The quantitative estimate of drug-likeness (QED) is 0.678. The molecule has 9 nitrogen and oxygen atoms in total. The van der Waals surface area contributed by atoms with E-state index in [2.05, 4.69) is 21.9 Å². The lowest BCUT2D eigenvalue weighted by Gasteiger charge is -2.35. The zero-order valence-electron chi connectivity index (χ0n) is 17.6. The lowest BCUT2D eigenvalue weighted by Crippen LogP contribution is -2.48. The second-order valence-corrected chi connectivity index (χ2v) is 8.14. The molecule has 1 saturated carbocycles. The molecule has 2 fully saturated rings. The van der Waals surface area contributed by atoms with E-state index in [9.17, 15) is 4.79 Å². The molecule has 1 aromatic rings. The van der Waals surface area contributed by atoms with E-state index in [1.807, 2.05) is 6.07 Å². The van der Waals surface area contributed by atoms with Gasteiger partial charge in [0.05, 0.1) is 0 Å². The summed E-state index contributed by atoms with van der Waals surface area (Å²) in [5, 5.41) is 14.8. The molecule has 1 aromatic carbocycles. The topological polar surface area (TPSA) is 117 Å². The molecule has 0 aromatic heterocycles. The molecule has 2 aliphatic heterocycles. The standard InChI is InChI=1S/C20H28N2O3.C2H2O4/c23-20(8-6-16-3-1-2-4-16)22-11-9-21(10-12-22)14-17-5-7-18-19(13-17)25-15-24-18;3-1(4)2(5)6/h5,7,13,16H,1-4,6,8-12,14-15H2;(H,3,4)(H,5,6). The van der Waals surface area contributed by atoms with Gasteiger partial charge in [-0.05, 0) is 30.0 Å². The average molecular weight is 434 g/mol. The van der Waals surface area contributed by atoms with Crippen LogP contribution in [0.3, 0.4) is 0 Å². The van der Waals surface area contributed by atoms with Crippen LogP contribution in [0.15, 0.2) is 18.2 Å². The number of benzene rings is 1. The fourth-order valence-corrected chi connectivity index (χ4v) is 4.24. The minimum Gasteiger partial charge on any atom is -0.473 e. The van der Waals surface area contributed by atoms with Crippen LogP contribution in [0, 0.1) is 5.92 Å². The summed E-state index contributed by atoms with van der Waals surface area (Å²) in [6.45, 7) is 4.83. The molecule has 0 spiro atoms. The number of carboxylic acids is 2. The number of hydrogen-bond donors (Lipinski definition) is 2. The van der Waals surface area contributed by atoms with Crippen molar-refractivity contribution in [2.45, 2.75) is 45.1 Å². The third-order valence-electron chi connectivity index (χ3n) is 5.99.